The van der Waals surface area contributed by atoms with E-state index in [0.717, 1.165) is 0 Å². The van der Waals surface area contributed by atoms with Gasteiger partial charge in [0, 0.05) is 16.8 Å². The van der Waals surface area contributed by atoms with Gasteiger partial charge in [0.2, 0.25) is 0 Å². The summed E-state index contributed by atoms with van der Waals surface area (Å²) >= 11 is 3.16. The molecule has 0 aliphatic heterocycles. The molecule has 0 fully saturated rings. The van der Waals surface area contributed by atoms with Gasteiger partial charge in [-0.15, -0.1) is 0 Å². The zero-order chi connectivity index (χ0) is 10.3. The second-order valence-electron chi connectivity index (χ2n) is 2.97. The van der Waals surface area contributed by atoms with Gasteiger partial charge in [-0.05, 0) is 18.2 Å². The third-order valence-corrected chi connectivity index (χ3v) is 2.34. The Bertz CT molecular complexity index is 516. The number of benzene rings is 1. The van der Waals surface area contributed by atoms with Crippen LogP contribution in [0.4, 0.5) is 4.39 Å². The van der Waals surface area contributed by atoms with E-state index in [1.54, 1.807) is 6.07 Å². The molecule has 1 aromatic carbocycles. The maximum atomic E-state index is 13.3. The van der Waals surface area contributed by atoms with Crippen LogP contribution in [0.2, 0.25) is 0 Å². The Hall–Kier alpha value is -1.16. The minimum absolute atomic E-state index is 0.124. The van der Waals surface area contributed by atoms with E-state index in [9.17, 15) is 9.18 Å². The lowest BCUT2D eigenvalue weighted by atomic mass is 10.2. The van der Waals surface area contributed by atoms with E-state index < -0.39 is 5.82 Å². The molecule has 0 saturated heterocycles. The molecular formula is C10H6BrFO2. The van der Waals surface area contributed by atoms with Crippen LogP contribution in [0.5, 0.6) is 0 Å². The van der Waals surface area contributed by atoms with Crippen molar-refractivity contribution in [2.75, 3.05) is 0 Å². The molecule has 2 nitrogen and oxygen atoms in total. The zero-order valence-electron chi connectivity index (χ0n) is 7.30. The van der Waals surface area contributed by atoms with Crippen molar-refractivity contribution in [1.29, 1.82) is 0 Å². The molecule has 1 heterocycles. The number of carbonyl (C=O) groups is 1. The normalized spacial score (nSPS) is 10.8. The Morgan fingerprint density at radius 1 is 1.43 bits per heavy atom. The fourth-order valence-corrected chi connectivity index (χ4v) is 1.70. The lowest BCUT2D eigenvalue weighted by Crippen LogP contribution is -1.85. The highest BCUT2D eigenvalue weighted by Gasteiger charge is 2.11. The van der Waals surface area contributed by atoms with Crippen LogP contribution in [0.3, 0.4) is 0 Å². The standard InChI is InChI=1S/C10H6BrFO2/c1-5(13)9-3-6-2-7(11)4-8(12)10(6)14-9/h2-4H,1H3. The summed E-state index contributed by atoms with van der Waals surface area (Å²) in [5, 5.41) is 0.585. The number of halogens is 2. The number of rotatable bonds is 1. The highest BCUT2D eigenvalue weighted by molar-refractivity contribution is 9.10. The highest BCUT2D eigenvalue weighted by Crippen LogP contribution is 2.26. The molecule has 4 heteroatoms. The molecule has 0 aliphatic rings. The van der Waals surface area contributed by atoms with Crippen molar-refractivity contribution < 1.29 is 13.6 Å². The first-order valence-corrected chi connectivity index (χ1v) is 4.77. The molecule has 1 aromatic heterocycles. The Morgan fingerprint density at radius 2 is 2.14 bits per heavy atom. The quantitative estimate of drug-likeness (QED) is 0.731. The van der Waals surface area contributed by atoms with E-state index in [4.69, 9.17) is 4.42 Å². The van der Waals surface area contributed by atoms with Gasteiger partial charge in [0.25, 0.3) is 0 Å². The fourth-order valence-electron chi connectivity index (χ4n) is 1.25. The number of fused-ring (bicyclic) bond motifs is 1. The van der Waals surface area contributed by atoms with E-state index in [-0.39, 0.29) is 17.1 Å². The molecule has 14 heavy (non-hydrogen) atoms. The smallest absolute Gasteiger partial charge is 0.194 e. The SMILES string of the molecule is CC(=O)c1cc2cc(Br)cc(F)c2o1. The number of carbonyl (C=O) groups excluding carboxylic acids is 1. The number of ketones is 1. The summed E-state index contributed by atoms with van der Waals surface area (Å²) in [6, 6.07) is 4.54. The van der Waals surface area contributed by atoms with Gasteiger partial charge in [-0.1, -0.05) is 15.9 Å². The summed E-state index contributed by atoms with van der Waals surface area (Å²) < 4.78 is 19.0. The molecule has 0 saturated carbocycles. The maximum Gasteiger partial charge on any atom is 0.194 e. The summed E-state index contributed by atoms with van der Waals surface area (Å²) in [7, 11) is 0. The van der Waals surface area contributed by atoms with Gasteiger partial charge in [-0.25, -0.2) is 4.39 Å². The minimum atomic E-state index is -0.470. The molecule has 2 aromatic rings. The zero-order valence-corrected chi connectivity index (χ0v) is 8.89. The summed E-state index contributed by atoms with van der Waals surface area (Å²) in [6.07, 6.45) is 0. The predicted molar refractivity (Wildman–Crippen MR) is 53.9 cm³/mol. The molecule has 0 amide bonds. The van der Waals surface area contributed by atoms with Gasteiger partial charge >= 0.3 is 0 Å². The first-order valence-electron chi connectivity index (χ1n) is 3.97. The van der Waals surface area contributed by atoms with Crippen molar-refractivity contribution in [2.24, 2.45) is 0 Å². The van der Waals surface area contributed by atoms with Crippen LogP contribution in [-0.2, 0) is 0 Å². The average Bonchev–Trinajstić information content (AvgIpc) is 2.47. The lowest BCUT2D eigenvalue weighted by Gasteiger charge is -1.92. The number of Topliss-reactive ketones (excluding diaryl/α,β-unsaturated/α-hetero) is 1. The van der Waals surface area contributed by atoms with Crippen molar-refractivity contribution in [3.63, 3.8) is 0 Å². The Kier molecular flexibility index (Phi) is 2.15. The third-order valence-electron chi connectivity index (χ3n) is 1.88. The Morgan fingerprint density at radius 3 is 2.79 bits per heavy atom. The number of furan rings is 1. The van der Waals surface area contributed by atoms with Crippen molar-refractivity contribution in [3.8, 4) is 0 Å². The van der Waals surface area contributed by atoms with Gasteiger partial charge < -0.3 is 4.42 Å². The molecule has 0 spiro atoms. The molecule has 0 atom stereocenters. The van der Waals surface area contributed by atoms with E-state index in [1.165, 1.54) is 19.1 Å². The third kappa shape index (κ3) is 1.46. The summed E-state index contributed by atoms with van der Waals surface area (Å²) in [5.41, 5.74) is 0.124. The Labute approximate surface area is 87.8 Å². The molecule has 0 radical (unpaired) electrons. The highest BCUT2D eigenvalue weighted by atomic mass is 79.9. The van der Waals surface area contributed by atoms with E-state index in [0.29, 0.717) is 9.86 Å². The predicted octanol–water partition coefficient (Wildman–Crippen LogP) is 3.54. The summed E-state index contributed by atoms with van der Waals surface area (Å²) in [5.74, 6) is -0.504. The first kappa shape index (κ1) is 9.40. The summed E-state index contributed by atoms with van der Waals surface area (Å²) in [4.78, 5) is 11.0. The largest absolute Gasteiger partial charge is 0.450 e. The van der Waals surface area contributed by atoms with Gasteiger partial charge in [0.15, 0.2) is 22.9 Å². The number of hydrogen-bond acceptors (Lipinski definition) is 2. The van der Waals surface area contributed by atoms with Gasteiger partial charge in [-0.3, -0.25) is 4.79 Å². The van der Waals surface area contributed by atoms with Crippen molar-refractivity contribution >= 4 is 32.7 Å². The Balaban J connectivity index is 2.76. The van der Waals surface area contributed by atoms with Crippen LogP contribution in [0.1, 0.15) is 17.5 Å². The van der Waals surface area contributed by atoms with Crippen LogP contribution in [0.15, 0.2) is 27.1 Å². The molecule has 2 rings (SSSR count). The van der Waals surface area contributed by atoms with Gasteiger partial charge in [0.1, 0.15) is 0 Å². The van der Waals surface area contributed by atoms with E-state index in [2.05, 4.69) is 15.9 Å². The maximum absolute atomic E-state index is 13.3. The van der Waals surface area contributed by atoms with Gasteiger partial charge in [-0.2, -0.15) is 0 Å². The van der Waals surface area contributed by atoms with Crippen LogP contribution in [0, 0.1) is 5.82 Å². The first-order chi connectivity index (χ1) is 6.58. The van der Waals surface area contributed by atoms with Crippen molar-refractivity contribution in [2.45, 2.75) is 6.92 Å². The van der Waals surface area contributed by atoms with Crippen molar-refractivity contribution in [3.05, 3.63) is 34.2 Å². The van der Waals surface area contributed by atoms with E-state index in [1.807, 2.05) is 0 Å². The van der Waals surface area contributed by atoms with Crippen LogP contribution < -0.4 is 0 Å². The monoisotopic (exact) mass is 256 g/mol. The van der Waals surface area contributed by atoms with Crippen LogP contribution in [0.25, 0.3) is 11.0 Å². The second kappa shape index (κ2) is 3.20. The number of hydrogen-bond donors (Lipinski definition) is 0. The molecule has 0 aliphatic carbocycles. The van der Waals surface area contributed by atoms with Crippen LogP contribution >= 0.6 is 15.9 Å². The van der Waals surface area contributed by atoms with Crippen molar-refractivity contribution in [1.82, 2.24) is 0 Å². The molecule has 0 N–H and O–H groups in total. The fraction of sp³-hybridized carbons (Fsp3) is 0.100. The molecule has 72 valence electrons. The summed E-state index contributed by atoms with van der Waals surface area (Å²) in [6.45, 7) is 1.38. The molecular weight excluding hydrogens is 251 g/mol. The topological polar surface area (TPSA) is 30.2 Å². The average molecular weight is 257 g/mol. The van der Waals surface area contributed by atoms with Gasteiger partial charge in [0.05, 0.1) is 0 Å². The van der Waals surface area contributed by atoms with Crippen LogP contribution in [-0.4, -0.2) is 5.78 Å². The minimum Gasteiger partial charge on any atom is -0.450 e. The van der Waals surface area contributed by atoms with E-state index >= 15 is 0 Å². The molecule has 0 bridgehead atoms. The lowest BCUT2D eigenvalue weighted by molar-refractivity contribution is 0.0989. The molecule has 0 unspecified atom stereocenters. The second-order valence-corrected chi connectivity index (χ2v) is 3.89.